The van der Waals surface area contributed by atoms with E-state index in [-0.39, 0.29) is 28.1 Å². The van der Waals surface area contributed by atoms with E-state index in [2.05, 4.69) is 19.8 Å². The standard InChI is InChI=1S/C29H23F4N5O5S/c1-2-41-24-6-4-3-5-23(24)38-25(39)16-44-27(38)35-28(40)42-15-22(30)18-7-9-19(10-8-18)26-34-17-37(36-26)20-11-13-21(14-12-20)43-29(31,32)33/h3-14,17,22H,2,15-16H2,1H3/b35-27-. The number of ether oxygens (including phenoxy) is 3. The van der Waals surface area contributed by atoms with Gasteiger partial charge in [-0.25, -0.2) is 18.9 Å². The first-order valence-corrected chi connectivity index (χ1v) is 14.0. The van der Waals surface area contributed by atoms with Crippen molar-refractivity contribution in [2.24, 2.45) is 4.99 Å². The molecule has 0 spiro atoms. The minimum absolute atomic E-state index is 0.0704. The van der Waals surface area contributed by atoms with Crippen LogP contribution in [0.1, 0.15) is 18.7 Å². The highest BCUT2D eigenvalue weighted by Crippen LogP contribution is 2.34. The molecular formula is C29H23F4N5O5S. The van der Waals surface area contributed by atoms with Gasteiger partial charge in [-0.3, -0.25) is 9.69 Å². The first kappa shape index (κ1) is 30.5. The number of anilines is 1. The third-order valence-corrected chi connectivity index (χ3v) is 6.99. The number of carbonyl (C=O) groups excluding carboxylic acids is 2. The second-order valence-corrected chi connectivity index (χ2v) is 9.98. The molecule has 3 aromatic carbocycles. The van der Waals surface area contributed by atoms with Crippen molar-refractivity contribution in [2.45, 2.75) is 19.5 Å². The second kappa shape index (κ2) is 13.2. The summed E-state index contributed by atoms with van der Waals surface area (Å²) in [6.45, 7) is 1.58. The summed E-state index contributed by atoms with van der Waals surface area (Å²) >= 11 is 1.06. The molecule has 0 N–H and O–H groups in total. The lowest BCUT2D eigenvalue weighted by atomic mass is 10.1. The number of aromatic nitrogens is 3. The van der Waals surface area contributed by atoms with Crippen molar-refractivity contribution in [3.63, 3.8) is 0 Å². The molecule has 10 nitrogen and oxygen atoms in total. The number of para-hydroxylation sites is 2. The molecule has 1 unspecified atom stereocenters. The molecule has 1 aliphatic heterocycles. The predicted octanol–water partition coefficient (Wildman–Crippen LogP) is 6.51. The third kappa shape index (κ3) is 7.34. The molecule has 1 aliphatic rings. The van der Waals surface area contributed by atoms with E-state index in [1.165, 1.54) is 40.2 Å². The van der Waals surface area contributed by atoms with Crippen LogP contribution < -0.4 is 14.4 Å². The van der Waals surface area contributed by atoms with Crippen LogP contribution in [0.4, 0.5) is 28.0 Å². The van der Waals surface area contributed by atoms with E-state index in [4.69, 9.17) is 9.47 Å². The van der Waals surface area contributed by atoms with Crippen molar-refractivity contribution >= 4 is 34.6 Å². The van der Waals surface area contributed by atoms with Gasteiger partial charge >= 0.3 is 12.5 Å². The summed E-state index contributed by atoms with van der Waals surface area (Å²) in [5.41, 5.74) is 1.67. The van der Waals surface area contributed by atoms with Crippen LogP contribution in [0.3, 0.4) is 0 Å². The number of amidine groups is 1. The van der Waals surface area contributed by atoms with Crippen molar-refractivity contribution < 1.29 is 41.4 Å². The van der Waals surface area contributed by atoms with Crippen LogP contribution >= 0.6 is 11.8 Å². The zero-order valence-corrected chi connectivity index (χ0v) is 23.7. The van der Waals surface area contributed by atoms with Gasteiger partial charge in [0.05, 0.1) is 23.7 Å². The zero-order valence-electron chi connectivity index (χ0n) is 22.9. The smallest absolute Gasteiger partial charge is 0.492 e. The van der Waals surface area contributed by atoms with Crippen LogP contribution in [-0.4, -0.2) is 57.3 Å². The largest absolute Gasteiger partial charge is 0.573 e. The van der Waals surface area contributed by atoms with Crippen LogP contribution in [0.25, 0.3) is 17.1 Å². The Hall–Kier alpha value is -4.92. The van der Waals surface area contributed by atoms with Crippen molar-refractivity contribution in [3.8, 4) is 28.6 Å². The van der Waals surface area contributed by atoms with Gasteiger partial charge in [0.25, 0.3) is 0 Å². The number of alkyl halides is 4. The van der Waals surface area contributed by atoms with Crippen LogP contribution in [0.15, 0.2) is 84.1 Å². The zero-order chi connectivity index (χ0) is 31.3. The molecule has 2 amide bonds. The van der Waals surface area contributed by atoms with Crippen LogP contribution in [0, 0.1) is 0 Å². The summed E-state index contributed by atoms with van der Waals surface area (Å²) in [5.74, 6) is 0.165. The Bertz CT molecular complexity index is 1660. The fourth-order valence-electron chi connectivity index (χ4n) is 4.11. The lowest BCUT2D eigenvalue weighted by Crippen LogP contribution is -2.30. The highest BCUT2D eigenvalue weighted by molar-refractivity contribution is 8.15. The predicted molar refractivity (Wildman–Crippen MR) is 154 cm³/mol. The third-order valence-electron chi connectivity index (χ3n) is 6.07. The first-order chi connectivity index (χ1) is 21.1. The number of nitrogens with zero attached hydrogens (tertiary/aromatic N) is 5. The number of hydrogen-bond acceptors (Lipinski definition) is 8. The summed E-state index contributed by atoms with van der Waals surface area (Å²) in [5, 5.41) is 4.42. The van der Waals surface area contributed by atoms with Gasteiger partial charge < -0.3 is 14.2 Å². The van der Waals surface area contributed by atoms with E-state index in [0.717, 1.165) is 23.9 Å². The molecule has 4 aromatic rings. The fourth-order valence-corrected chi connectivity index (χ4v) is 4.96. The lowest BCUT2D eigenvalue weighted by Gasteiger charge is -2.19. The summed E-state index contributed by atoms with van der Waals surface area (Å²) in [6, 6.07) is 18.1. The molecule has 0 radical (unpaired) electrons. The Morgan fingerprint density at radius 2 is 1.80 bits per heavy atom. The molecule has 15 heteroatoms. The first-order valence-electron chi connectivity index (χ1n) is 13.1. The van der Waals surface area contributed by atoms with E-state index in [9.17, 15) is 27.2 Å². The van der Waals surface area contributed by atoms with Gasteiger partial charge in [-0.05, 0) is 48.9 Å². The molecule has 1 aromatic heterocycles. The minimum Gasteiger partial charge on any atom is -0.492 e. The highest BCUT2D eigenvalue weighted by Gasteiger charge is 2.33. The van der Waals surface area contributed by atoms with Crippen molar-refractivity contribution in [1.82, 2.24) is 14.8 Å². The Balaban J connectivity index is 1.19. The highest BCUT2D eigenvalue weighted by atomic mass is 32.2. The normalized spacial score (nSPS) is 15.0. The number of amides is 2. The Kier molecular flexibility index (Phi) is 9.13. The van der Waals surface area contributed by atoms with Crippen molar-refractivity contribution in [2.75, 3.05) is 23.9 Å². The van der Waals surface area contributed by atoms with Crippen molar-refractivity contribution in [1.29, 1.82) is 0 Å². The summed E-state index contributed by atoms with van der Waals surface area (Å²) < 4.78 is 67.9. The van der Waals surface area contributed by atoms with E-state index in [0.29, 0.717) is 35.1 Å². The topological polar surface area (TPSA) is 108 Å². The summed E-state index contributed by atoms with van der Waals surface area (Å²) in [6.07, 6.45) is -6.12. The molecule has 5 rings (SSSR count). The monoisotopic (exact) mass is 629 g/mol. The maximum Gasteiger partial charge on any atom is 0.573 e. The minimum atomic E-state index is -4.79. The lowest BCUT2D eigenvalue weighted by molar-refractivity contribution is -0.274. The van der Waals surface area contributed by atoms with Gasteiger partial charge in [0, 0.05) is 5.56 Å². The van der Waals surface area contributed by atoms with Gasteiger partial charge in [-0.1, -0.05) is 48.2 Å². The van der Waals surface area contributed by atoms with E-state index in [1.54, 1.807) is 43.3 Å². The van der Waals surface area contributed by atoms with Crippen LogP contribution in [-0.2, 0) is 9.53 Å². The number of hydrogen-bond donors (Lipinski definition) is 0. The maximum absolute atomic E-state index is 14.9. The Labute approximate surface area is 252 Å². The molecule has 2 heterocycles. The van der Waals surface area contributed by atoms with Gasteiger partial charge in [-0.2, -0.15) is 4.99 Å². The van der Waals surface area contributed by atoms with Gasteiger partial charge in [0.1, 0.15) is 24.4 Å². The molecular weight excluding hydrogens is 606 g/mol. The second-order valence-electron chi connectivity index (χ2n) is 9.03. The average molecular weight is 630 g/mol. The maximum atomic E-state index is 14.9. The SMILES string of the molecule is CCOc1ccccc1N1C(=O)CS/C1=N\C(=O)OCC(F)c1ccc(-c2ncn(-c3ccc(OC(F)(F)F)cc3)n2)cc1. The Morgan fingerprint density at radius 3 is 2.50 bits per heavy atom. The summed E-state index contributed by atoms with van der Waals surface area (Å²) in [4.78, 5) is 34.3. The van der Waals surface area contributed by atoms with Crippen LogP contribution in [0.5, 0.6) is 11.5 Å². The number of rotatable bonds is 9. The van der Waals surface area contributed by atoms with Gasteiger partial charge in [-0.15, -0.1) is 18.3 Å². The molecule has 1 saturated heterocycles. The van der Waals surface area contributed by atoms with Crippen LogP contribution in [0.2, 0.25) is 0 Å². The summed E-state index contributed by atoms with van der Waals surface area (Å²) in [7, 11) is 0. The molecule has 1 fully saturated rings. The molecule has 44 heavy (non-hydrogen) atoms. The number of thioether (sulfide) groups is 1. The number of benzene rings is 3. The van der Waals surface area contributed by atoms with E-state index >= 15 is 0 Å². The number of halogens is 4. The van der Waals surface area contributed by atoms with Gasteiger partial charge in [0.2, 0.25) is 5.91 Å². The molecule has 0 bridgehead atoms. The molecule has 1 atom stereocenters. The molecule has 0 aliphatic carbocycles. The molecule has 228 valence electrons. The Morgan fingerprint density at radius 1 is 1.07 bits per heavy atom. The molecule has 0 saturated carbocycles. The van der Waals surface area contributed by atoms with E-state index < -0.39 is 25.2 Å². The van der Waals surface area contributed by atoms with Crippen molar-refractivity contribution in [3.05, 3.63) is 84.7 Å². The number of carbonyl (C=O) groups is 2. The average Bonchev–Trinajstić information content (AvgIpc) is 3.63. The fraction of sp³-hybridized carbons (Fsp3) is 0.207. The van der Waals surface area contributed by atoms with E-state index in [1.807, 2.05) is 0 Å². The quantitative estimate of drug-likeness (QED) is 0.193. The van der Waals surface area contributed by atoms with Gasteiger partial charge in [0.15, 0.2) is 17.2 Å². The number of aliphatic imine (C=N–C) groups is 1.